The Bertz CT molecular complexity index is 1050. The first-order chi connectivity index (χ1) is 13.7. The van der Waals surface area contributed by atoms with Gasteiger partial charge in [0, 0.05) is 18.4 Å². The van der Waals surface area contributed by atoms with Crippen LogP contribution in [0.5, 0.6) is 0 Å². The summed E-state index contributed by atoms with van der Waals surface area (Å²) < 4.78 is 2.01. The van der Waals surface area contributed by atoms with Crippen molar-refractivity contribution in [2.75, 3.05) is 17.7 Å². The molecule has 4 rings (SSSR count). The number of carbonyl (C=O) groups excluding carboxylic acids is 1. The zero-order valence-corrected chi connectivity index (χ0v) is 16.9. The van der Waals surface area contributed by atoms with Crippen LogP contribution >= 0.6 is 23.1 Å². The minimum Gasteiger partial charge on any atom is -0.315 e. The Morgan fingerprint density at radius 2 is 1.71 bits per heavy atom. The second-order valence-electron chi connectivity index (χ2n) is 6.03. The summed E-state index contributed by atoms with van der Waals surface area (Å²) in [6, 6.07) is 23.6. The zero-order chi connectivity index (χ0) is 19.3. The molecule has 0 spiro atoms. The third-order valence-electron chi connectivity index (χ3n) is 4.23. The molecule has 0 aliphatic heterocycles. The van der Waals surface area contributed by atoms with Crippen molar-refractivity contribution < 1.29 is 4.79 Å². The first-order valence-corrected chi connectivity index (χ1v) is 10.6. The lowest BCUT2D eigenvalue weighted by atomic mass is 10.3. The second kappa shape index (κ2) is 8.41. The summed E-state index contributed by atoms with van der Waals surface area (Å²) in [5.74, 6) is 1.07. The highest BCUT2D eigenvalue weighted by molar-refractivity contribution is 7.99. The van der Waals surface area contributed by atoms with Gasteiger partial charge in [-0.25, -0.2) is 0 Å². The smallest absolute Gasteiger partial charge is 0.237 e. The summed E-state index contributed by atoms with van der Waals surface area (Å²) >= 11 is 3.01. The largest absolute Gasteiger partial charge is 0.315 e. The Balaban J connectivity index is 1.59. The minimum atomic E-state index is 0.0106. The van der Waals surface area contributed by atoms with Crippen molar-refractivity contribution in [1.29, 1.82) is 0 Å². The average molecular weight is 407 g/mol. The van der Waals surface area contributed by atoms with Gasteiger partial charge in [-0.1, -0.05) is 54.2 Å². The van der Waals surface area contributed by atoms with E-state index in [0.29, 0.717) is 5.16 Å². The molecule has 0 aliphatic rings. The number of anilines is 1. The highest BCUT2D eigenvalue weighted by Gasteiger charge is 2.19. The van der Waals surface area contributed by atoms with Gasteiger partial charge >= 0.3 is 0 Å². The van der Waals surface area contributed by atoms with E-state index in [0.717, 1.165) is 22.1 Å². The van der Waals surface area contributed by atoms with Gasteiger partial charge in [0.2, 0.25) is 5.91 Å². The van der Waals surface area contributed by atoms with Crippen LogP contribution < -0.4 is 4.90 Å². The molecule has 4 aromatic rings. The van der Waals surface area contributed by atoms with Gasteiger partial charge in [-0.3, -0.25) is 9.36 Å². The van der Waals surface area contributed by atoms with E-state index in [2.05, 4.69) is 10.2 Å². The van der Waals surface area contributed by atoms with Gasteiger partial charge in [0.1, 0.15) is 0 Å². The van der Waals surface area contributed by atoms with Gasteiger partial charge in [-0.05, 0) is 35.7 Å². The van der Waals surface area contributed by atoms with E-state index in [-0.39, 0.29) is 11.7 Å². The molecule has 0 radical (unpaired) electrons. The minimum absolute atomic E-state index is 0.0106. The lowest BCUT2D eigenvalue weighted by Gasteiger charge is -2.17. The van der Waals surface area contributed by atoms with E-state index in [1.165, 1.54) is 11.8 Å². The molecule has 0 aliphatic carbocycles. The molecule has 2 heterocycles. The van der Waals surface area contributed by atoms with Gasteiger partial charge in [0.15, 0.2) is 11.0 Å². The van der Waals surface area contributed by atoms with E-state index in [9.17, 15) is 4.79 Å². The number of thiophene rings is 1. The van der Waals surface area contributed by atoms with Crippen molar-refractivity contribution in [3.05, 3.63) is 78.2 Å². The van der Waals surface area contributed by atoms with Crippen molar-refractivity contribution >= 4 is 34.7 Å². The van der Waals surface area contributed by atoms with E-state index in [1.54, 1.807) is 23.3 Å². The van der Waals surface area contributed by atoms with Crippen molar-refractivity contribution in [2.45, 2.75) is 5.16 Å². The van der Waals surface area contributed by atoms with Crippen LogP contribution in [0.3, 0.4) is 0 Å². The molecule has 28 heavy (non-hydrogen) atoms. The molecule has 1 amide bonds. The van der Waals surface area contributed by atoms with Gasteiger partial charge in [0.05, 0.1) is 10.6 Å². The van der Waals surface area contributed by atoms with Crippen LogP contribution in [0.25, 0.3) is 16.4 Å². The molecule has 0 unspecified atom stereocenters. The quantitative estimate of drug-likeness (QED) is 0.434. The molecule has 0 saturated heterocycles. The Kier molecular flexibility index (Phi) is 5.55. The fourth-order valence-electron chi connectivity index (χ4n) is 2.76. The van der Waals surface area contributed by atoms with E-state index in [4.69, 9.17) is 0 Å². The lowest BCUT2D eigenvalue weighted by Crippen LogP contribution is -2.27. The summed E-state index contributed by atoms with van der Waals surface area (Å²) in [4.78, 5) is 15.4. The summed E-state index contributed by atoms with van der Waals surface area (Å²) in [7, 11) is 1.79. The Labute approximate surface area is 171 Å². The zero-order valence-electron chi connectivity index (χ0n) is 15.2. The average Bonchev–Trinajstić information content (AvgIpc) is 3.42. The molecule has 5 nitrogen and oxygen atoms in total. The molecule has 2 aromatic carbocycles. The number of thioether (sulfide) groups is 1. The van der Waals surface area contributed by atoms with Gasteiger partial charge in [-0.15, -0.1) is 21.5 Å². The number of aromatic nitrogens is 3. The Morgan fingerprint density at radius 3 is 2.39 bits per heavy atom. The highest BCUT2D eigenvalue weighted by atomic mass is 32.2. The van der Waals surface area contributed by atoms with Gasteiger partial charge < -0.3 is 4.90 Å². The van der Waals surface area contributed by atoms with E-state index < -0.39 is 0 Å². The number of hydrogen-bond acceptors (Lipinski definition) is 5. The third kappa shape index (κ3) is 3.85. The molecule has 0 atom stereocenters. The number of hydrogen-bond donors (Lipinski definition) is 0. The van der Waals surface area contributed by atoms with Crippen LogP contribution in [0.2, 0.25) is 0 Å². The summed E-state index contributed by atoms with van der Waals surface area (Å²) in [6.45, 7) is 0. The van der Waals surface area contributed by atoms with Crippen molar-refractivity contribution in [1.82, 2.24) is 14.8 Å². The number of nitrogens with zero attached hydrogens (tertiary/aromatic N) is 4. The molecular formula is C21H18N4OS2. The second-order valence-corrected chi connectivity index (χ2v) is 7.92. The maximum Gasteiger partial charge on any atom is 0.237 e. The monoisotopic (exact) mass is 406 g/mol. The standard InChI is InChI=1S/C21H18N4OS2/c1-24(16-9-4-2-5-10-16)19(26)15-28-21-23-22-20(18-13-8-14-27-18)25(21)17-11-6-3-7-12-17/h2-14H,15H2,1H3. The predicted octanol–water partition coefficient (Wildman–Crippen LogP) is 4.75. The van der Waals surface area contributed by atoms with E-state index >= 15 is 0 Å². The first-order valence-electron chi connectivity index (χ1n) is 8.73. The number of para-hydroxylation sites is 2. The Hall–Kier alpha value is -2.90. The van der Waals surface area contributed by atoms with Crippen LogP contribution in [-0.4, -0.2) is 33.5 Å². The van der Waals surface area contributed by atoms with E-state index in [1.807, 2.05) is 82.7 Å². The fourth-order valence-corrected chi connectivity index (χ4v) is 4.32. The topological polar surface area (TPSA) is 51.0 Å². The van der Waals surface area contributed by atoms with Crippen LogP contribution in [0.1, 0.15) is 0 Å². The predicted molar refractivity (Wildman–Crippen MR) is 115 cm³/mol. The van der Waals surface area contributed by atoms with Crippen LogP contribution in [0.4, 0.5) is 5.69 Å². The first kappa shape index (κ1) is 18.5. The molecule has 0 bridgehead atoms. The van der Waals surface area contributed by atoms with Crippen LogP contribution in [-0.2, 0) is 4.79 Å². The van der Waals surface area contributed by atoms with Crippen molar-refractivity contribution in [2.24, 2.45) is 0 Å². The Morgan fingerprint density at radius 1 is 1.00 bits per heavy atom. The summed E-state index contributed by atoms with van der Waals surface area (Å²) in [5.41, 5.74) is 1.85. The summed E-state index contributed by atoms with van der Waals surface area (Å²) in [6.07, 6.45) is 0. The molecule has 0 N–H and O–H groups in total. The fraction of sp³-hybridized carbons (Fsp3) is 0.0952. The SMILES string of the molecule is CN(C(=O)CSc1nnc(-c2cccs2)n1-c1ccccc1)c1ccccc1. The molecule has 7 heteroatoms. The van der Waals surface area contributed by atoms with Crippen LogP contribution in [0, 0.1) is 0 Å². The van der Waals surface area contributed by atoms with Gasteiger partial charge in [0.25, 0.3) is 0 Å². The molecule has 0 saturated carbocycles. The third-order valence-corrected chi connectivity index (χ3v) is 6.01. The van der Waals surface area contributed by atoms with Crippen molar-refractivity contribution in [3.8, 4) is 16.4 Å². The number of amides is 1. The van der Waals surface area contributed by atoms with Crippen molar-refractivity contribution in [3.63, 3.8) is 0 Å². The van der Waals surface area contributed by atoms with Crippen LogP contribution in [0.15, 0.2) is 83.3 Å². The molecule has 140 valence electrons. The number of carbonyl (C=O) groups is 1. The number of benzene rings is 2. The summed E-state index contributed by atoms with van der Waals surface area (Å²) in [5, 5.41) is 11.5. The maximum atomic E-state index is 12.6. The number of rotatable bonds is 6. The normalized spacial score (nSPS) is 10.8. The molecule has 2 aromatic heterocycles. The highest BCUT2D eigenvalue weighted by Crippen LogP contribution is 2.30. The maximum absolute atomic E-state index is 12.6. The molecule has 0 fully saturated rings. The lowest BCUT2D eigenvalue weighted by molar-refractivity contribution is -0.115. The van der Waals surface area contributed by atoms with Gasteiger partial charge in [-0.2, -0.15) is 0 Å². The molecular weight excluding hydrogens is 388 g/mol.